The zero-order valence-corrected chi connectivity index (χ0v) is 9.39. The third-order valence-electron chi connectivity index (χ3n) is 2.87. The Bertz CT molecular complexity index is 161. The Kier molecular flexibility index (Phi) is 6.17. The van der Waals surface area contributed by atoms with Gasteiger partial charge in [-0.05, 0) is 25.2 Å². The van der Waals surface area contributed by atoms with Crippen LogP contribution in [0.3, 0.4) is 0 Å². The van der Waals surface area contributed by atoms with E-state index in [0.717, 1.165) is 25.9 Å². The molecule has 1 saturated carbocycles. The summed E-state index contributed by atoms with van der Waals surface area (Å²) in [7, 11) is 1.72. The molecule has 3 atom stereocenters. The fourth-order valence-corrected chi connectivity index (χ4v) is 2.08. The molecule has 0 bridgehead atoms. The van der Waals surface area contributed by atoms with E-state index in [4.69, 9.17) is 19.7 Å². The molecule has 0 spiro atoms. The van der Waals surface area contributed by atoms with Crippen molar-refractivity contribution in [2.24, 2.45) is 5.92 Å². The minimum Gasteiger partial charge on any atom is -0.394 e. The largest absolute Gasteiger partial charge is 0.394 e. The number of aliphatic hydroxyl groups is 2. The lowest BCUT2D eigenvalue weighted by atomic mass is 9.88. The van der Waals surface area contributed by atoms with Gasteiger partial charge >= 0.3 is 0 Å². The molecule has 0 amide bonds. The molecule has 0 radical (unpaired) electrons. The van der Waals surface area contributed by atoms with Crippen molar-refractivity contribution >= 4 is 0 Å². The normalized spacial score (nSPS) is 29.0. The van der Waals surface area contributed by atoms with Gasteiger partial charge in [0.2, 0.25) is 0 Å². The SMILES string of the molecule is COC[C@H]1CCC[C@@H](OCC(O)CO)C1. The van der Waals surface area contributed by atoms with Crippen LogP contribution in [0.1, 0.15) is 25.7 Å². The summed E-state index contributed by atoms with van der Waals surface area (Å²) in [4.78, 5) is 0. The smallest absolute Gasteiger partial charge is 0.100 e. The molecule has 15 heavy (non-hydrogen) atoms. The summed E-state index contributed by atoms with van der Waals surface area (Å²) >= 11 is 0. The molecule has 1 unspecified atom stereocenters. The number of rotatable bonds is 6. The average Bonchev–Trinajstić information content (AvgIpc) is 2.27. The summed E-state index contributed by atoms with van der Waals surface area (Å²) in [5.41, 5.74) is 0. The molecule has 1 rings (SSSR count). The van der Waals surface area contributed by atoms with Crippen molar-refractivity contribution in [2.45, 2.75) is 37.9 Å². The molecule has 4 heteroatoms. The van der Waals surface area contributed by atoms with Crippen LogP contribution in [0.5, 0.6) is 0 Å². The van der Waals surface area contributed by atoms with Crippen LogP contribution in [0.4, 0.5) is 0 Å². The van der Waals surface area contributed by atoms with Gasteiger partial charge in [-0.2, -0.15) is 0 Å². The summed E-state index contributed by atoms with van der Waals surface area (Å²) < 4.78 is 10.7. The van der Waals surface area contributed by atoms with E-state index in [2.05, 4.69) is 0 Å². The summed E-state index contributed by atoms with van der Waals surface area (Å²) in [6.07, 6.45) is 3.90. The minimum atomic E-state index is -0.743. The molecule has 0 saturated heterocycles. The lowest BCUT2D eigenvalue weighted by molar-refractivity contribution is -0.0519. The number of aliphatic hydroxyl groups excluding tert-OH is 2. The molecule has 4 nitrogen and oxygen atoms in total. The Morgan fingerprint density at radius 2 is 2.20 bits per heavy atom. The third kappa shape index (κ3) is 4.93. The Labute approximate surface area is 91.2 Å². The van der Waals surface area contributed by atoms with E-state index in [1.807, 2.05) is 0 Å². The first-order chi connectivity index (χ1) is 7.26. The van der Waals surface area contributed by atoms with Gasteiger partial charge in [-0.3, -0.25) is 0 Å². The van der Waals surface area contributed by atoms with Crippen LogP contribution in [0.15, 0.2) is 0 Å². The van der Waals surface area contributed by atoms with E-state index in [9.17, 15) is 0 Å². The lowest BCUT2D eigenvalue weighted by Crippen LogP contribution is -2.29. The predicted molar refractivity (Wildman–Crippen MR) is 56.7 cm³/mol. The standard InChI is InChI=1S/C11H22O4/c1-14-7-9-3-2-4-11(5-9)15-8-10(13)6-12/h9-13H,2-8H2,1H3/t9-,10?,11+/m0/s1. The van der Waals surface area contributed by atoms with Crippen LogP contribution >= 0.6 is 0 Å². The van der Waals surface area contributed by atoms with Gasteiger partial charge in [0.1, 0.15) is 6.10 Å². The second kappa shape index (κ2) is 7.17. The van der Waals surface area contributed by atoms with Crippen molar-refractivity contribution in [3.63, 3.8) is 0 Å². The molecule has 1 fully saturated rings. The lowest BCUT2D eigenvalue weighted by Gasteiger charge is -2.29. The highest BCUT2D eigenvalue weighted by molar-refractivity contribution is 4.73. The van der Waals surface area contributed by atoms with Crippen molar-refractivity contribution in [3.8, 4) is 0 Å². The topological polar surface area (TPSA) is 58.9 Å². The Hall–Kier alpha value is -0.160. The van der Waals surface area contributed by atoms with Gasteiger partial charge in [0.15, 0.2) is 0 Å². The van der Waals surface area contributed by atoms with E-state index in [1.165, 1.54) is 6.42 Å². The van der Waals surface area contributed by atoms with Gasteiger partial charge in [-0.15, -0.1) is 0 Å². The van der Waals surface area contributed by atoms with E-state index in [0.29, 0.717) is 5.92 Å². The summed E-state index contributed by atoms with van der Waals surface area (Å²) in [6, 6.07) is 0. The van der Waals surface area contributed by atoms with Crippen molar-refractivity contribution in [1.29, 1.82) is 0 Å². The van der Waals surface area contributed by atoms with E-state index in [-0.39, 0.29) is 19.3 Å². The van der Waals surface area contributed by atoms with Crippen LogP contribution in [0.2, 0.25) is 0 Å². The molecule has 2 N–H and O–H groups in total. The molecule has 0 heterocycles. The van der Waals surface area contributed by atoms with Gasteiger partial charge in [0.05, 0.1) is 19.3 Å². The van der Waals surface area contributed by atoms with E-state index in [1.54, 1.807) is 7.11 Å². The molecule has 90 valence electrons. The van der Waals surface area contributed by atoms with Crippen LogP contribution in [0.25, 0.3) is 0 Å². The first kappa shape index (κ1) is 12.9. The molecular weight excluding hydrogens is 196 g/mol. The number of hydrogen-bond acceptors (Lipinski definition) is 4. The quantitative estimate of drug-likeness (QED) is 0.684. The van der Waals surface area contributed by atoms with Crippen molar-refractivity contribution in [1.82, 2.24) is 0 Å². The highest BCUT2D eigenvalue weighted by Crippen LogP contribution is 2.26. The minimum absolute atomic E-state index is 0.222. The first-order valence-electron chi connectivity index (χ1n) is 5.65. The van der Waals surface area contributed by atoms with E-state index < -0.39 is 6.10 Å². The average molecular weight is 218 g/mol. The third-order valence-corrected chi connectivity index (χ3v) is 2.87. The monoisotopic (exact) mass is 218 g/mol. The Morgan fingerprint density at radius 3 is 2.87 bits per heavy atom. The van der Waals surface area contributed by atoms with Crippen molar-refractivity contribution in [2.75, 3.05) is 26.9 Å². The molecule has 0 aromatic rings. The van der Waals surface area contributed by atoms with Crippen LogP contribution in [-0.4, -0.2) is 49.4 Å². The van der Waals surface area contributed by atoms with Gasteiger partial charge in [-0.25, -0.2) is 0 Å². The molecule has 0 aliphatic heterocycles. The fraction of sp³-hybridized carbons (Fsp3) is 1.00. The van der Waals surface area contributed by atoms with Crippen molar-refractivity contribution in [3.05, 3.63) is 0 Å². The van der Waals surface area contributed by atoms with Gasteiger partial charge < -0.3 is 19.7 Å². The molecule has 0 aromatic carbocycles. The molecule has 0 aromatic heterocycles. The van der Waals surface area contributed by atoms with Crippen molar-refractivity contribution < 1.29 is 19.7 Å². The maximum absolute atomic E-state index is 9.16. The number of hydrogen-bond donors (Lipinski definition) is 2. The second-order valence-corrected chi connectivity index (χ2v) is 4.28. The zero-order valence-electron chi connectivity index (χ0n) is 9.39. The Balaban J connectivity index is 2.18. The molecule has 1 aliphatic carbocycles. The summed E-state index contributed by atoms with van der Waals surface area (Å²) in [5.74, 6) is 0.583. The molecule has 1 aliphatic rings. The van der Waals surface area contributed by atoms with Crippen LogP contribution < -0.4 is 0 Å². The van der Waals surface area contributed by atoms with Crippen LogP contribution in [-0.2, 0) is 9.47 Å². The summed E-state index contributed by atoms with van der Waals surface area (Å²) in [6.45, 7) is 0.803. The predicted octanol–water partition coefficient (Wildman–Crippen LogP) is 0.561. The zero-order chi connectivity index (χ0) is 11.1. The maximum atomic E-state index is 9.16. The summed E-state index contributed by atoms with van der Waals surface area (Å²) in [5, 5.41) is 17.8. The Morgan fingerprint density at radius 1 is 1.40 bits per heavy atom. The maximum Gasteiger partial charge on any atom is 0.100 e. The number of methoxy groups -OCH3 is 1. The second-order valence-electron chi connectivity index (χ2n) is 4.28. The first-order valence-corrected chi connectivity index (χ1v) is 5.65. The van der Waals surface area contributed by atoms with E-state index >= 15 is 0 Å². The van der Waals surface area contributed by atoms with Crippen LogP contribution in [0, 0.1) is 5.92 Å². The fourth-order valence-electron chi connectivity index (χ4n) is 2.08. The van der Waals surface area contributed by atoms with Gasteiger partial charge in [0.25, 0.3) is 0 Å². The highest BCUT2D eigenvalue weighted by Gasteiger charge is 2.22. The molecular formula is C11H22O4. The highest BCUT2D eigenvalue weighted by atomic mass is 16.5. The van der Waals surface area contributed by atoms with Gasteiger partial charge in [-0.1, -0.05) is 6.42 Å². The van der Waals surface area contributed by atoms with Gasteiger partial charge in [0, 0.05) is 13.7 Å². The number of ether oxygens (including phenoxy) is 2.